The Bertz CT molecular complexity index is 518. The molecule has 0 spiro atoms. The van der Waals surface area contributed by atoms with Gasteiger partial charge in [-0.05, 0) is 24.3 Å². The van der Waals surface area contributed by atoms with Crippen LogP contribution in [-0.4, -0.2) is 26.0 Å². The van der Waals surface area contributed by atoms with Crippen LogP contribution in [0.1, 0.15) is 11.0 Å². The van der Waals surface area contributed by atoms with Crippen molar-refractivity contribution in [2.75, 3.05) is 30.9 Å². The number of hydrogen-bond acceptors (Lipinski definition) is 2. The summed E-state index contributed by atoms with van der Waals surface area (Å²) in [4.78, 5) is 0.503. The fraction of sp³-hybridized carbons (Fsp3) is 0.400. The molecule has 1 fully saturated rings. The molecule has 1 saturated heterocycles. The van der Waals surface area contributed by atoms with Gasteiger partial charge in [0, 0.05) is 41.6 Å². The highest BCUT2D eigenvalue weighted by Crippen LogP contribution is 2.18. The summed E-state index contributed by atoms with van der Waals surface area (Å²) >= 11 is 3.20. The third kappa shape index (κ3) is 2.23. The van der Waals surface area contributed by atoms with E-state index in [-0.39, 0.29) is 5.69 Å². The topological polar surface area (TPSA) is 15.3 Å². The molecule has 0 radical (unpaired) electrons. The average Bonchev–Trinajstić information content (AvgIpc) is 2.28. The standard InChI is InChI=1S/C10H13BrN2/c11-9-1-3-10(4-2-9)13-7-5-12-6-8-13/h1-4,12H,5-8H2/i5D2,6D2,7D2,8D2. The first-order valence-electron chi connectivity index (χ1n) is 7.68. The molecule has 0 atom stereocenters. The van der Waals surface area contributed by atoms with Gasteiger partial charge in [0.2, 0.25) is 0 Å². The van der Waals surface area contributed by atoms with Gasteiger partial charge in [0.15, 0.2) is 0 Å². The minimum atomic E-state index is -2.80. The summed E-state index contributed by atoms with van der Waals surface area (Å²) in [5.41, 5.74) is 0.0439. The molecular formula is C10H13BrN2. The van der Waals surface area contributed by atoms with E-state index in [1.54, 1.807) is 17.4 Å². The number of benzene rings is 1. The average molecular weight is 249 g/mol. The van der Waals surface area contributed by atoms with Crippen molar-refractivity contribution in [1.29, 1.82) is 0 Å². The smallest absolute Gasteiger partial charge is 0.0506 e. The molecule has 0 saturated carbocycles. The van der Waals surface area contributed by atoms with E-state index in [0.29, 0.717) is 9.37 Å². The van der Waals surface area contributed by atoms with Crippen molar-refractivity contribution in [3.8, 4) is 0 Å². The lowest BCUT2D eigenvalue weighted by Crippen LogP contribution is -2.43. The highest BCUT2D eigenvalue weighted by atomic mass is 79.9. The monoisotopic (exact) mass is 248 g/mol. The molecule has 1 N–H and O–H groups in total. The predicted molar refractivity (Wildman–Crippen MR) is 59.2 cm³/mol. The van der Waals surface area contributed by atoms with E-state index in [0.717, 1.165) is 0 Å². The first-order chi connectivity index (χ1) is 9.33. The Morgan fingerprint density at radius 2 is 1.85 bits per heavy atom. The summed E-state index contributed by atoms with van der Waals surface area (Å²) in [7, 11) is 0. The van der Waals surface area contributed by atoms with Crippen LogP contribution in [0, 0.1) is 0 Å². The minimum absolute atomic E-state index is 0.0439. The van der Waals surface area contributed by atoms with Crippen molar-refractivity contribution >= 4 is 21.6 Å². The van der Waals surface area contributed by atoms with Crippen LogP contribution in [0.5, 0.6) is 0 Å². The van der Waals surface area contributed by atoms with Crippen LogP contribution < -0.4 is 10.2 Å². The maximum atomic E-state index is 7.95. The quantitative estimate of drug-likeness (QED) is 0.817. The van der Waals surface area contributed by atoms with E-state index in [1.165, 1.54) is 12.1 Å². The predicted octanol–water partition coefficient (Wildman–Crippen LogP) is 1.86. The Balaban J connectivity index is 2.64. The molecule has 0 amide bonds. The molecular weight excluding hydrogens is 228 g/mol. The van der Waals surface area contributed by atoms with Crippen LogP contribution in [0.25, 0.3) is 0 Å². The summed E-state index contributed by atoms with van der Waals surface area (Å²) in [5.74, 6) is 0. The summed E-state index contributed by atoms with van der Waals surface area (Å²) in [5, 5.41) is 1.79. The van der Waals surface area contributed by atoms with Crippen molar-refractivity contribution < 1.29 is 11.0 Å². The summed E-state index contributed by atoms with van der Waals surface area (Å²) < 4.78 is 63.3. The van der Waals surface area contributed by atoms with Crippen molar-refractivity contribution in [2.45, 2.75) is 0 Å². The molecule has 0 aliphatic carbocycles. The van der Waals surface area contributed by atoms with E-state index in [2.05, 4.69) is 15.9 Å². The van der Waals surface area contributed by atoms with Crippen molar-refractivity contribution in [3.63, 3.8) is 0 Å². The minimum Gasteiger partial charge on any atom is -0.369 e. The molecule has 0 bridgehead atoms. The summed E-state index contributed by atoms with van der Waals surface area (Å²) in [6.07, 6.45) is 0. The number of piperazine rings is 1. The Morgan fingerprint density at radius 1 is 1.23 bits per heavy atom. The third-order valence-electron chi connectivity index (χ3n) is 1.55. The highest BCUT2D eigenvalue weighted by molar-refractivity contribution is 9.10. The van der Waals surface area contributed by atoms with Gasteiger partial charge in [0.05, 0.1) is 5.48 Å². The van der Waals surface area contributed by atoms with Gasteiger partial charge >= 0.3 is 0 Å². The Hall–Kier alpha value is -0.540. The molecule has 1 aliphatic rings. The van der Waals surface area contributed by atoms with Gasteiger partial charge in [-0.1, -0.05) is 15.9 Å². The van der Waals surface area contributed by atoms with Crippen LogP contribution in [0.4, 0.5) is 5.69 Å². The first kappa shape index (κ1) is 3.55. The van der Waals surface area contributed by atoms with Crippen LogP contribution in [0.2, 0.25) is 0 Å². The number of halogens is 1. The second-order valence-electron chi connectivity index (χ2n) is 2.41. The second kappa shape index (κ2) is 4.11. The first-order valence-corrected chi connectivity index (χ1v) is 4.47. The van der Waals surface area contributed by atoms with Crippen LogP contribution in [0.15, 0.2) is 28.7 Å². The normalized spacial score (nSPS) is 42.1. The summed E-state index contributed by atoms with van der Waals surface area (Å²) in [6, 6.07) is 5.90. The van der Waals surface area contributed by atoms with Gasteiger partial charge in [-0.2, -0.15) is 0 Å². The number of nitrogens with one attached hydrogen (secondary N) is 1. The largest absolute Gasteiger partial charge is 0.369 e. The Kier molecular flexibility index (Phi) is 1.12. The molecule has 1 aromatic rings. The zero-order valence-corrected chi connectivity index (χ0v) is 8.22. The molecule has 13 heavy (non-hydrogen) atoms. The molecule has 1 aliphatic heterocycles. The lowest BCUT2D eigenvalue weighted by atomic mass is 10.2. The van der Waals surface area contributed by atoms with Gasteiger partial charge in [-0.25, -0.2) is 0 Å². The lowest BCUT2D eigenvalue weighted by Gasteiger charge is -2.29. The Morgan fingerprint density at radius 3 is 2.46 bits per heavy atom. The molecule has 70 valence electrons. The molecule has 1 aromatic carbocycles. The van der Waals surface area contributed by atoms with E-state index in [9.17, 15) is 0 Å². The molecule has 1 heterocycles. The van der Waals surface area contributed by atoms with E-state index >= 15 is 0 Å². The number of hydrogen-bond donors (Lipinski definition) is 1. The van der Waals surface area contributed by atoms with E-state index in [4.69, 9.17) is 11.0 Å². The maximum Gasteiger partial charge on any atom is 0.0506 e. The van der Waals surface area contributed by atoms with Crippen molar-refractivity contribution in [3.05, 3.63) is 28.7 Å². The van der Waals surface area contributed by atoms with Gasteiger partial charge in [-0.15, -0.1) is 0 Å². The number of nitrogens with zero attached hydrogens (tertiary/aromatic N) is 1. The lowest BCUT2D eigenvalue weighted by molar-refractivity contribution is 0.589. The number of anilines is 1. The fourth-order valence-electron chi connectivity index (χ4n) is 0.946. The van der Waals surface area contributed by atoms with Crippen LogP contribution in [-0.2, 0) is 0 Å². The fourth-order valence-corrected chi connectivity index (χ4v) is 1.21. The van der Waals surface area contributed by atoms with Crippen molar-refractivity contribution in [1.82, 2.24) is 5.32 Å². The molecule has 0 aromatic heterocycles. The van der Waals surface area contributed by atoms with Crippen LogP contribution >= 0.6 is 15.9 Å². The van der Waals surface area contributed by atoms with Gasteiger partial charge in [0.25, 0.3) is 0 Å². The van der Waals surface area contributed by atoms with Gasteiger partial charge < -0.3 is 10.2 Å². The SMILES string of the molecule is [2H]C1([2H])NC([2H])([2H])C([2H])([2H])N(c2ccc(Br)cc2)C1([2H])[2H]. The highest BCUT2D eigenvalue weighted by Gasteiger charge is 2.09. The maximum absolute atomic E-state index is 7.95. The van der Waals surface area contributed by atoms with Gasteiger partial charge in [0.1, 0.15) is 0 Å². The summed E-state index contributed by atoms with van der Waals surface area (Å²) in [6.45, 7) is -11.2. The molecule has 2 nitrogen and oxygen atoms in total. The van der Waals surface area contributed by atoms with E-state index in [1.807, 2.05) is 0 Å². The van der Waals surface area contributed by atoms with E-state index < -0.39 is 26.0 Å². The van der Waals surface area contributed by atoms with Gasteiger partial charge in [-0.3, -0.25) is 0 Å². The third-order valence-corrected chi connectivity index (χ3v) is 2.07. The van der Waals surface area contributed by atoms with Crippen molar-refractivity contribution in [2.24, 2.45) is 0 Å². The van der Waals surface area contributed by atoms with Crippen LogP contribution in [0.3, 0.4) is 0 Å². The zero-order chi connectivity index (χ0) is 16.3. The zero-order valence-electron chi connectivity index (χ0n) is 14.6. The second-order valence-corrected chi connectivity index (χ2v) is 3.33. The Labute approximate surface area is 98.3 Å². The molecule has 0 unspecified atom stereocenters. The molecule has 3 heteroatoms. The number of rotatable bonds is 1. The molecule has 2 rings (SSSR count).